The summed E-state index contributed by atoms with van der Waals surface area (Å²) in [6, 6.07) is 2.13. The summed E-state index contributed by atoms with van der Waals surface area (Å²) in [6.07, 6.45) is 1.51. The fourth-order valence-corrected chi connectivity index (χ4v) is 3.09. The molecular weight excluding hydrogens is 312 g/mol. The van der Waals surface area contributed by atoms with Crippen molar-refractivity contribution in [3.05, 3.63) is 24.0 Å². The van der Waals surface area contributed by atoms with Gasteiger partial charge in [-0.1, -0.05) is 0 Å². The first-order chi connectivity index (χ1) is 9.72. The Morgan fingerprint density at radius 3 is 2.57 bits per heavy atom. The minimum Gasteiger partial charge on any atom is -0.380 e. The van der Waals surface area contributed by atoms with Crippen molar-refractivity contribution < 1.29 is 26.0 Å². The highest BCUT2D eigenvalue weighted by molar-refractivity contribution is 7.92. The van der Waals surface area contributed by atoms with Gasteiger partial charge in [-0.25, -0.2) is 12.8 Å². The Hall–Kier alpha value is -1.35. The van der Waals surface area contributed by atoms with Gasteiger partial charge in [-0.3, -0.25) is 0 Å². The zero-order valence-corrected chi connectivity index (χ0v) is 11.7. The van der Waals surface area contributed by atoms with Crippen LogP contribution in [0.15, 0.2) is 23.1 Å². The van der Waals surface area contributed by atoms with Gasteiger partial charge in [0, 0.05) is 12.6 Å². The van der Waals surface area contributed by atoms with E-state index in [0.29, 0.717) is 19.0 Å². The van der Waals surface area contributed by atoms with Crippen molar-refractivity contribution in [2.45, 2.75) is 29.3 Å². The van der Waals surface area contributed by atoms with Crippen molar-refractivity contribution in [1.82, 2.24) is 5.32 Å². The lowest BCUT2D eigenvalue weighted by molar-refractivity contribution is -0.0435. The van der Waals surface area contributed by atoms with E-state index in [9.17, 15) is 26.0 Å². The number of hydrogen-bond acceptors (Lipinski definition) is 4. The van der Waals surface area contributed by atoms with Gasteiger partial charge in [0.1, 0.15) is 10.7 Å². The number of rotatable bonds is 3. The maximum absolute atomic E-state index is 13.2. The Balaban J connectivity index is 2.38. The van der Waals surface area contributed by atoms with Crippen LogP contribution in [-0.2, 0) is 9.84 Å². The van der Waals surface area contributed by atoms with Gasteiger partial charge in [-0.2, -0.15) is 13.2 Å². The molecule has 0 saturated carbocycles. The number of benzene rings is 1. The molecule has 1 saturated heterocycles. The Bertz CT molecular complexity index is 610. The molecule has 1 heterocycles. The highest BCUT2D eigenvalue weighted by Gasteiger charge is 2.48. The minimum atomic E-state index is -5.60. The quantitative estimate of drug-likeness (QED) is 0.837. The Kier molecular flexibility index (Phi) is 4.43. The molecule has 9 heteroatoms. The third-order valence-electron chi connectivity index (χ3n) is 3.19. The second-order valence-corrected chi connectivity index (χ2v) is 6.69. The highest BCUT2D eigenvalue weighted by atomic mass is 32.2. The number of sulfone groups is 1. The molecule has 0 spiro atoms. The lowest BCUT2D eigenvalue weighted by Gasteiger charge is -2.26. The minimum absolute atomic E-state index is 0.202. The van der Waals surface area contributed by atoms with Crippen LogP contribution in [0.1, 0.15) is 12.8 Å². The average molecular weight is 326 g/mol. The van der Waals surface area contributed by atoms with Gasteiger partial charge in [0.05, 0.1) is 5.69 Å². The molecule has 4 nitrogen and oxygen atoms in total. The zero-order valence-electron chi connectivity index (χ0n) is 10.9. The molecule has 0 bridgehead atoms. The van der Waals surface area contributed by atoms with Gasteiger partial charge >= 0.3 is 5.51 Å². The van der Waals surface area contributed by atoms with Gasteiger partial charge < -0.3 is 10.6 Å². The van der Waals surface area contributed by atoms with E-state index in [1.807, 2.05) is 0 Å². The van der Waals surface area contributed by atoms with E-state index in [1.54, 1.807) is 0 Å². The van der Waals surface area contributed by atoms with Crippen LogP contribution in [-0.4, -0.2) is 33.1 Å². The molecule has 1 unspecified atom stereocenters. The molecule has 1 aliphatic heterocycles. The van der Waals surface area contributed by atoms with E-state index in [-0.39, 0.29) is 11.7 Å². The smallest absolute Gasteiger partial charge is 0.380 e. The SMILES string of the molecule is O=S(=O)(c1cc(F)ccc1NC1CCCNC1)C(F)(F)F. The topological polar surface area (TPSA) is 58.2 Å². The second kappa shape index (κ2) is 5.80. The van der Waals surface area contributed by atoms with Gasteiger partial charge in [-0.15, -0.1) is 0 Å². The molecule has 1 aromatic carbocycles. The number of piperidine rings is 1. The third kappa shape index (κ3) is 3.46. The lowest BCUT2D eigenvalue weighted by atomic mass is 10.1. The van der Waals surface area contributed by atoms with Crippen LogP contribution < -0.4 is 10.6 Å². The maximum atomic E-state index is 13.2. The summed E-state index contributed by atoms with van der Waals surface area (Å²) in [6.45, 7) is 1.30. The number of alkyl halides is 3. The number of anilines is 1. The summed E-state index contributed by atoms with van der Waals surface area (Å²) in [5.41, 5.74) is -5.70. The van der Waals surface area contributed by atoms with Crippen molar-refractivity contribution in [3.63, 3.8) is 0 Å². The molecule has 21 heavy (non-hydrogen) atoms. The molecule has 118 valence electrons. The monoisotopic (exact) mass is 326 g/mol. The molecule has 1 aliphatic rings. The summed E-state index contributed by atoms with van der Waals surface area (Å²) in [4.78, 5) is -1.08. The first-order valence-corrected chi connectivity index (χ1v) is 7.78. The van der Waals surface area contributed by atoms with Crippen LogP contribution in [0.3, 0.4) is 0 Å². The van der Waals surface area contributed by atoms with Gasteiger partial charge in [0.2, 0.25) is 0 Å². The van der Waals surface area contributed by atoms with Crippen LogP contribution in [0.5, 0.6) is 0 Å². The summed E-state index contributed by atoms with van der Waals surface area (Å²) < 4.78 is 74.2. The standard InChI is InChI=1S/C12H14F4N2O2S/c13-8-3-4-10(18-9-2-1-5-17-7-9)11(6-8)21(19,20)12(14,15)16/h3-4,6,9,17-18H,1-2,5,7H2. The molecule has 0 radical (unpaired) electrons. The molecule has 1 atom stereocenters. The van der Waals surface area contributed by atoms with Gasteiger partial charge in [-0.05, 0) is 37.6 Å². The first kappa shape index (κ1) is 16.0. The number of nitrogens with one attached hydrogen (secondary N) is 2. The van der Waals surface area contributed by atoms with Crippen LogP contribution in [0.25, 0.3) is 0 Å². The van der Waals surface area contributed by atoms with E-state index in [4.69, 9.17) is 0 Å². The molecule has 2 rings (SSSR count). The van der Waals surface area contributed by atoms with Crippen molar-refractivity contribution in [2.75, 3.05) is 18.4 Å². The highest BCUT2D eigenvalue weighted by Crippen LogP contribution is 2.35. The summed E-state index contributed by atoms with van der Waals surface area (Å²) in [7, 11) is -5.60. The first-order valence-electron chi connectivity index (χ1n) is 6.30. The van der Waals surface area contributed by atoms with E-state index in [1.165, 1.54) is 0 Å². The zero-order chi connectivity index (χ0) is 15.7. The van der Waals surface area contributed by atoms with E-state index >= 15 is 0 Å². The molecular formula is C12H14F4N2O2S. The van der Waals surface area contributed by atoms with Crippen molar-refractivity contribution >= 4 is 15.5 Å². The van der Waals surface area contributed by atoms with E-state index in [2.05, 4.69) is 10.6 Å². The van der Waals surface area contributed by atoms with Crippen LogP contribution >= 0.6 is 0 Å². The van der Waals surface area contributed by atoms with Crippen LogP contribution in [0.2, 0.25) is 0 Å². The Labute approximate surface area is 119 Å². The third-order valence-corrected chi connectivity index (χ3v) is 4.72. The fraction of sp³-hybridized carbons (Fsp3) is 0.500. The second-order valence-electron chi connectivity index (χ2n) is 4.78. The Morgan fingerprint density at radius 2 is 2.00 bits per heavy atom. The normalized spacial score (nSPS) is 20.3. The number of hydrogen-bond donors (Lipinski definition) is 2. The lowest BCUT2D eigenvalue weighted by Crippen LogP contribution is -2.39. The van der Waals surface area contributed by atoms with E-state index < -0.39 is 26.1 Å². The van der Waals surface area contributed by atoms with Crippen molar-refractivity contribution in [1.29, 1.82) is 0 Å². The van der Waals surface area contributed by atoms with E-state index in [0.717, 1.165) is 25.1 Å². The molecule has 2 N–H and O–H groups in total. The maximum Gasteiger partial charge on any atom is 0.501 e. The Morgan fingerprint density at radius 1 is 1.29 bits per heavy atom. The van der Waals surface area contributed by atoms with Gasteiger partial charge in [0.25, 0.3) is 9.84 Å². The summed E-state index contributed by atoms with van der Waals surface area (Å²) in [5.74, 6) is -1.04. The average Bonchev–Trinajstić information content (AvgIpc) is 2.40. The van der Waals surface area contributed by atoms with Crippen molar-refractivity contribution in [2.24, 2.45) is 0 Å². The fourth-order valence-electron chi connectivity index (χ4n) is 2.16. The number of halogens is 4. The summed E-state index contributed by atoms with van der Waals surface area (Å²) >= 11 is 0. The molecule has 1 aromatic rings. The van der Waals surface area contributed by atoms with Crippen molar-refractivity contribution in [3.8, 4) is 0 Å². The van der Waals surface area contributed by atoms with Gasteiger partial charge in [0.15, 0.2) is 0 Å². The molecule has 1 fully saturated rings. The summed E-state index contributed by atoms with van der Waals surface area (Å²) in [5, 5.41) is 5.79. The predicted molar refractivity (Wildman–Crippen MR) is 69.2 cm³/mol. The molecule has 0 aliphatic carbocycles. The van der Waals surface area contributed by atoms with Crippen LogP contribution in [0.4, 0.5) is 23.2 Å². The molecule has 0 aromatic heterocycles. The van der Waals surface area contributed by atoms with Crippen LogP contribution in [0, 0.1) is 5.82 Å². The molecule has 0 amide bonds. The predicted octanol–water partition coefficient (Wildman–Crippen LogP) is 2.28. The largest absolute Gasteiger partial charge is 0.501 e.